The van der Waals surface area contributed by atoms with Gasteiger partial charge in [0.2, 0.25) is 0 Å². The van der Waals surface area contributed by atoms with Crippen molar-refractivity contribution < 1.29 is 22.6 Å². The molecule has 0 aliphatic heterocycles. The molecule has 108 valence electrons. The molecular weight excluding hydrogens is 275 g/mol. The van der Waals surface area contributed by atoms with Crippen LogP contribution in [0.3, 0.4) is 0 Å². The Morgan fingerprint density at radius 2 is 1.65 bits per heavy atom. The molecule has 0 N–H and O–H groups in total. The topological polar surface area (TPSA) is 47.5 Å². The molecule has 0 unspecified atom stereocenters. The number of hydrogen-bond acceptors (Lipinski definition) is 5. The van der Waals surface area contributed by atoms with Crippen molar-refractivity contribution in [1.29, 1.82) is 0 Å². The molecule has 0 atom stereocenters. The number of halogens is 3. The third-order valence-corrected chi connectivity index (χ3v) is 2.82. The van der Waals surface area contributed by atoms with Gasteiger partial charge in [-0.25, -0.2) is 9.97 Å². The van der Waals surface area contributed by atoms with Crippen molar-refractivity contribution in [3.8, 4) is 11.5 Å². The second kappa shape index (κ2) is 5.03. The summed E-state index contributed by atoms with van der Waals surface area (Å²) in [6.07, 6.45) is -3.46. The van der Waals surface area contributed by atoms with Crippen molar-refractivity contribution in [1.82, 2.24) is 9.97 Å². The molecule has 20 heavy (non-hydrogen) atoms. The Labute approximate surface area is 112 Å². The molecule has 8 heteroatoms. The number of alkyl halides is 3. The second-order valence-electron chi connectivity index (χ2n) is 3.95. The van der Waals surface area contributed by atoms with E-state index in [1.165, 1.54) is 26.4 Å². The van der Waals surface area contributed by atoms with Crippen LogP contribution < -0.4 is 14.4 Å². The van der Waals surface area contributed by atoms with Gasteiger partial charge in [0.05, 0.1) is 19.7 Å². The number of rotatable bonds is 3. The summed E-state index contributed by atoms with van der Waals surface area (Å²) in [5, 5.41) is 0.227. The number of hydrogen-bond donors (Lipinski definition) is 0. The summed E-state index contributed by atoms with van der Waals surface area (Å²) in [6, 6.07) is 2.93. The summed E-state index contributed by atoms with van der Waals surface area (Å²) >= 11 is 0. The van der Waals surface area contributed by atoms with E-state index >= 15 is 0 Å². The Bertz CT molecular complexity index is 631. The van der Waals surface area contributed by atoms with Gasteiger partial charge in [-0.3, -0.25) is 4.90 Å². The maximum atomic E-state index is 12.8. The van der Waals surface area contributed by atoms with Gasteiger partial charge in [0, 0.05) is 18.5 Å². The zero-order valence-electron chi connectivity index (χ0n) is 11.0. The number of nitrogens with zero attached hydrogens (tertiary/aromatic N) is 3. The first kappa shape index (κ1) is 14.2. The standard InChI is InChI=1S/C12H12F3N3O2/c1-18(12(13,14)15)11-7-4-9(19-2)10(20-3)5-8(7)16-6-17-11/h4-6H,1-3H3. The number of benzene rings is 1. The van der Waals surface area contributed by atoms with Crippen molar-refractivity contribution >= 4 is 16.7 Å². The van der Waals surface area contributed by atoms with Gasteiger partial charge >= 0.3 is 6.30 Å². The molecule has 0 saturated carbocycles. The lowest BCUT2D eigenvalue weighted by atomic mass is 10.2. The van der Waals surface area contributed by atoms with E-state index in [2.05, 4.69) is 9.97 Å². The lowest BCUT2D eigenvalue weighted by Gasteiger charge is -2.22. The summed E-state index contributed by atoms with van der Waals surface area (Å²) < 4.78 is 48.6. The van der Waals surface area contributed by atoms with Crippen LogP contribution in [0.2, 0.25) is 0 Å². The molecule has 2 aromatic rings. The van der Waals surface area contributed by atoms with Gasteiger partial charge in [0.25, 0.3) is 0 Å². The molecule has 0 saturated heterocycles. The van der Waals surface area contributed by atoms with Crippen LogP contribution >= 0.6 is 0 Å². The second-order valence-corrected chi connectivity index (χ2v) is 3.95. The lowest BCUT2D eigenvalue weighted by molar-refractivity contribution is -0.125. The monoisotopic (exact) mass is 287 g/mol. The van der Waals surface area contributed by atoms with Crippen molar-refractivity contribution in [3.63, 3.8) is 0 Å². The predicted octanol–water partition coefficient (Wildman–Crippen LogP) is 2.60. The van der Waals surface area contributed by atoms with Crippen LogP contribution in [-0.4, -0.2) is 37.5 Å². The summed E-state index contributed by atoms with van der Waals surface area (Å²) in [4.78, 5) is 7.78. The predicted molar refractivity (Wildman–Crippen MR) is 67.1 cm³/mol. The normalized spacial score (nSPS) is 11.5. The summed E-state index contributed by atoms with van der Waals surface area (Å²) in [5.74, 6) is 0.453. The Kier molecular flexibility index (Phi) is 3.56. The number of anilines is 1. The van der Waals surface area contributed by atoms with E-state index in [9.17, 15) is 13.2 Å². The fourth-order valence-electron chi connectivity index (χ4n) is 1.76. The molecule has 1 heterocycles. The molecule has 2 rings (SSSR count). The average molecular weight is 287 g/mol. The number of ether oxygens (including phenoxy) is 2. The van der Waals surface area contributed by atoms with Crippen molar-refractivity contribution in [2.45, 2.75) is 6.30 Å². The number of methoxy groups -OCH3 is 2. The van der Waals surface area contributed by atoms with Crippen LogP contribution in [-0.2, 0) is 0 Å². The van der Waals surface area contributed by atoms with Crippen LogP contribution in [0.25, 0.3) is 10.9 Å². The quantitative estimate of drug-likeness (QED) is 0.812. The first-order chi connectivity index (χ1) is 9.38. The fraction of sp³-hybridized carbons (Fsp3) is 0.333. The van der Waals surface area contributed by atoms with Crippen molar-refractivity contribution in [3.05, 3.63) is 18.5 Å². The number of fused-ring (bicyclic) bond motifs is 1. The van der Waals surface area contributed by atoms with Crippen LogP contribution in [0.4, 0.5) is 19.0 Å². The maximum absolute atomic E-state index is 12.8. The van der Waals surface area contributed by atoms with Gasteiger partial charge in [-0.05, 0) is 6.07 Å². The minimum atomic E-state index is -4.53. The first-order valence-corrected chi connectivity index (χ1v) is 5.55. The van der Waals surface area contributed by atoms with Gasteiger partial charge in [0.15, 0.2) is 11.5 Å². The molecule has 0 fully saturated rings. The van der Waals surface area contributed by atoms with Crippen LogP contribution in [0.15, 0.2) is 18.5 Å². The van der Waals surface area contributed by atoms with E-state index in [1.54, 1.807) is 0 Å². The molecule has 0 aliphatic rings. The van der Waals surface area contributed by atoms with E-state index in [4.69, 9.17) is 9.47 Å². The Hall–Kier alpha value is -2.25. The third kappa shape index (κ3) is 2.40. The minimum Gasteiger partial charge on any atom is -0.493 e. The van der Waals surface area contributed by atoms with Gasteiger partial charge in [0.1, 0.15) is 12.1 Å². The zero-order chi connectivity index (χ0) is 14.9. The highest BCUT2D eigenvalue weighted by Gasteiger charge is 2.36. The SMILES string of the molecule is COc1cc2ncnc(N(C)C(F)(F)F)c2cc1OC. The summed E-state index contributed by atoms with van der Waals surface area (Å²) in [6.45, 7) is 0. The largest absolute Gasteiger partial charge is 0.493 e. The van der Waals surface area contributed by atoms with Crippen molar-refractivity contribution in [2.24, 2.45) is 0 Å². The highest BCUT2D eigenvalue weighted by molar-refractivity contribution is 5.92. The lowest BCUT2D eigenvalue weighted by Crippen LogP contribution is -2.34. The van der Waals surface area contributed by atoms with E-state index in [-0.39, 0.29) is 16.1 Å². The first-order valence-electron chi connectivity index (χ1n) is 5.55. The van der Waals surface area contributed by atoms with Crippen LogP contribution in [0, 0.1) is 0 Å². The highest BCUT2D eigenvalue weighted by Crippen LogP contribution is 2.36. The molecular formula is C12H12F3N3O2. The maximum Gasteiger partial charge on any atom is 0.485 e. The molecule has 0 amide bonds. The van der Waals surface area contributed by atoms with Gasteiger partial charge < -0.3 is 9.47 Å². The molecule has 0 bridgehead atoms. The Balaban J connectivity index is 2.68. The number of aromatic nitrogens is 2. The highest BCUT2D eigenvalue weighted by atomic mass is 19.4. The Morgan fingerprint density at radius 3 is 2.20 bits per heavy atom. The molecule has 1 aromatic heterocycles. The molecule has 5 nitrogen and oxygen atoms in total. The summed E-state index contributed by atoms with van der Waals surface area (Å²) in [7, 11) is 3.74. The summed E-state index contributed by atoms with van der Waals surface area (Å²) in [5.41, 5.74) is 0.337. The smallest absolute Gasteiger partial charge is 0.485 e. The fourth-order valence-corrected chi connectivity index (χ4v) is 1.76. The van der Waals surface area contributed by atoms with E-state index in [0.717, 1.165) is 13.4 Å². The van der Waals surface area contributed by atoms with Gasteiger partial charge in [-0.15, -0.1) is 0 Å². The molecule has 0 aliphatic carbocycles. The van der Waals surface area contributed by atoms with E-state index in [0.29, 0.717) is 17.0 Å². The molecule has 0 radical (unpaired) electrons. The van der Waals surface area contributed by atoms with E-state index in [1.807, 2.05) is 0 Å². The minimum absolute atomic E-state index is 0.128. The van der Waals surface area contributed by atoms with Crippen molar-refractivity contribution in [2.75, 3.05) is 26.2 Å². The average Bonchev–Trinajstić information content (AvgIpc) is 2.43. The molecule has 0 spiro atoms. The van der Waals surface area contributed by atoms with Gasteiger partial charge in [-0.1, -0.05) is 0 Å². The Morgan fingerprint density at radius 1 is 1.05 bits per heavy atom. The van der Waals surface area contributed by atoms with Gasteiger partial charge in [-0.2, -0.15) is 13.2 Å². The van der Waals surface area contributed by atoms with E-state index < -0.39 is 6.30 Å². The third-order valence-electron chi connectivity index (χ3n) is 2.82. The molecule has 1 aromatic carbocycles. The van der Waals surface area contributed by atoms with Crippen LogP contribution in [0.5, 0.6) is 11.5 Å². The van der Waals surface area contributed by atoms with Crippen LogP contribution in [0.1, 0.15) is 0 Å². The zero-order valence-corrected chi connectivity index (χ0v) is 11.0.